The fourth-order valence-electron chi connectivity index (χ4n) is 2.93. The Kier molecular flexibility index (Phi) is 3.54. The van der Waals surface area contributed by atoms with Gasteiger partial charge in [-0.25, -0.2) is 0 Å². The number of nitrogens with zero attached hydrogens (tertiary/aromatic N) is 2. The summed E-state index contributed by atoms with van der Waals surface area (Å²) in [5.41, 5.74) is 3.36. The molecule has 3 aromatic carbocycles. The normalized spacial score (nSPS) is 15.1. The zero-order valence-corrected chi connectivity index (χ0v) is 13.5. The maximum Gasteiger partial charge on any atom is 0.276 e. The fourth-order valence-corrected chi connectivity index (χ4v) is 2.93. The zero-order chi connectivity index (χ0) is 17.4. The van der Waals surface area contributed by atoms with Crippen LogP contribution in [-0.4, -0.2) is 22.9 Å². The van der Waals surface area contributed by atoms with Gasteiger partial charge in [-0.1, -0.05) is 42.0 Å². The van der Waals surface area contributed by atoms with E-state index in [0.717, 1.165) is 27.6 Å². The highest BCUT2D eigenvalue weighted by molar-refractivity contribution is 6.53. The highest BCUT2D eigenvalue weighted by Crippen LogP contribution is 2.26. The van der Waals surface area contributed by atoms with E-state index in [2.05, 4.69) is 15.5 Å². The predicted molar refractivity (Wildman–Crippen MR) is 99.6 cm³/mol. The monoisotopic (exact) mass is 329 g/mol. The average molecular weight is 329 g/mol. The zero-order valence-electron chi connectivity index (χ0n) is 13.5. The van der Waals surface area contributed by atoms with Crippen LogP contribution in [-0.2, 0) is 4.79 Å². The average Bonchev–Trinajstić information content (AvgIpc) is 2.92. The Morgan fingerprint density at radius 3 is 2.80 bits per heavy atom. The van der Waals surface area contributed by atoms with Crippen LogP contribution in [0.15, 0.2) is 64.8 Å². The number of aryl methyl sites for hydroxylation is 1. The summed E-state index contributed by atoms with van der Waals surface area (Å²) in [4.78, 5) is 12.1. The van der Waals surface area contributed by atoms with Crippen LogP contribution in [0.2, 0.25) is 0 Å². The van der Waals surface area contributed by atoms with Crippen molar-refractivity contribution in [1.29, 1.82) is 0 Å². The molecule has 5 heteroatoms. The SMILES string of the molecule is Cc1ccc2c(c1)/C(=N/N=C/c1c(O)ccc3ccccc13)C(=O)N2. The van der Waals surface area contributed by atoms with E-state index in [1.165, 1.54) is 6.21 Å². The first kappa shape index (κ1) is 15.1. The summed E-state index contributed by atoms with van der Waals surface area (Å²) in [7, 11) is 0. The Labute approximate surface area is 144 Å². The number of phenolic OH excluding ortho intramolecular Hbond substituents is 1. The van der Waals surface area contributed by atoms with Gasteiger partial charge in [-0.05, 0) is 35.9 Å². The second-order valence-corrected chi connectivity index (χ2v) is 5.92. The van der Waals surface area contributed by atoms with E-state index >= 15 is 0 Å². The fraction of sp³-hybridized carbons (Fsp3) is 0.0500. The van der Waals surface area contributed by atoms with E-state index in [4.69, 9.17) is 0 Å². The van der Waals surface area contributed by atoms with Crippen LogP contribution in [0, 0.1) is 6.92 Å². The highest BCUT2D eigenvalue weighted by atomic mass is 16.3. The van der Waals surface area contributed by atoms with Crippen molar-refractivity contribution in [2.45, 2.75) is 6.92 Å². The van der Waals surface area contributed by atoms with Crippen molar-refractivity contribution >= 4 is 34.3 Å². The lowest BCUT2D eigenvalue weighted by Gasteiger charge is -2.03. The Balaban J connectivity index is 1.75. The number of fused-ring (bicyclic) bond motifs is 2. The Morgan fingerprint density at radius 1 is 1.08 bits per heavy atom. The van der Waals surface area contributed by atoms with Crippen LogP contribution in [0.5, 0.6) is 5.75 Å². The number of carbonyl (C=O) groups excluding carboxylic acids is 1. The van der Waals surface area contributed by atoms with Gasteiger partial charge in [-0.3, -0.25) is 4.79 Å². The molecular formula is C20H15N3O2. The quantitative estimate of drug-likeness (QED) is 0.556. The molecule has 0 aliphatic carbocycles. The number of nitrogens with one attached hydrogen (secondary N) is 1. The third kappa shape index (κ3) is 2.65. The molecule has 5 nitrogen and oxygen atoms in total. The molecule has 0 spiro atoms. The summed E-state index contributed by atoms with van der Waals surface area (Å²) in [5, 5.41) is 22.9. The molecule has 1 amide bonds. The molecular weight excluding hydrogens is 314 g/mol. The Morgan fingerprint density at radius 2 is 1.92 bits per heavy atom. The van der Waals surface area contributed by atoms with Gasteiger partial charge in [-0.2, -0.15) is 5.10 Å². The van der Waals surface area contributed by atoms with Crippen LogP contribution in [0.4, 0.5) is 5.69 Å². The Hall–Kier alpha value is -3.47. The number of benzene rings is 3. The van der Waals surface area contributed by atoms with Crippen molar-refractivity contribution in [2.75, 3.05) is 5.32 Å². The summed E-state index contributed by atoms with van der Waals surface area (Å²) >= 11 is 0. The maximum absolute atomic E-state index is 12.1. The molecule has 0 atom stereocenters. The summed E-state index contributed by atoms with van der Waals surface area (Å²) in [6.07, 6.45) is 1.48. The van der Waals surface area contributed by atoms with Crippen LogP contribution in [0.25, 0.3) is 10.8 Å². The summed E-state index contributed by atoms with van der Waals surface area (Å²) in [5.74, 6) is -0.158. The minimum Gasteiger partial charge on any atom is -0.507 e. The van der Waals surface area contributed by atoms with E-state index in [0.29, 0.717) is 5.56 Å². The number of hydrogen-bond donors (Lipinski definition) is 2. The lowest BCUT2D eigenvalue weighted by atomic mass is 10.0. The highest BCUT2D eigenvalue weighted by Gasteiger charge is 2.25. The van der Waals surface area contributed by atoms with Gasteiger partial charge in [0.1, 0.15) is 5.75 Å². The second-order valence-electron chi connectivity index (χ2n) is 5.92. The molecule has 0 bridgehead atoms. The largest absolute Gasteiger partial charge is 0.507 e. The summed E-state index contributed by atoms with van der Waals surface area (Å²) in [6, 6.07) is 16.8. The number of anilines is 1. The van der Waals surface area contributed by atoms with Gasteiger partial charge in [0.2, 0.25) is 0 Å². The minimum absolute atomic E-state index is 0.120. The van der Waals surface area contributed by atoms with Crippen molar-refractivity contribution in [1.82, 2.24) is 0 Å². The lowest BCUT2D eigenvalue weighted by molar-refractivity contribution is -0.110. The molecule has 0 fully saturated rings. The van der Waals surface area contributed by atoms with Crippen LogP contribution >= 0.6 is 0 Å². The van der Waals surface area contributed by atoms with E-state index < -0.39 is 0 Å². The molecule has 0 saturated carbocycles. The maximum atomic E-state index is 12.1. The van der Waals surface area contributed by atoms with Gasteiger partial charge in [0, 0.05) is 11.1 Å². The van der Waals surface area contributed by atoms with E-state index in [1.807, 2.05) is 55.5 Å². The van der Waals surface area contributed by atoms with E-state index in [9.17, 15) is 9.90 Å². The molecule has 4 rings (SSSR count). The number of phenols is 1. The summed E-state index contributed by atoms with van der Waals surface area (Å²) < 4.78 is 0. The van der Waals surface area contributed by atoms with Gasteiger partial charge in [0.15, 0.2) is 5.71 Å². The van der Waals surface area contributed by atoms with E-state index in [1.54, 1.807) is 6.07 Å². The van der Waals surface area contributed by atoms with Crippen molar-refractivity contribution in [3.63, 3.8) is 0 Å². The topological polar surface area (TPSA) is 74.0 Å². The molecule has 2 N–H and O–H groups in total. The Bertz CT molecular complexity index is 1070. The third-order valence-electron chi connectivity index (χ3n) is 4.19. The molecule has 122 valence electrons. The number of rotatable bonds is 2. The first-order valence-electron chi connectivity index (χ1n) is 7.87. The first-order valence-corrected chi connectivity index (χ1v) is 7.87. The van der Waals surface area contributed by atoms with Crippen LogP contribution in [0.3, 0.4) is 0 Å². The molecule has 1 aliphatic heterocycles. The molecule has 1 heterocycles. The number of aromatic hydroxyl groups is 1. The first-order chi connectivity index (χ1) is 12.1. The smallest absolute Gasteiger partial charge is 0.276 e. The van der Waals surface area contributed by atoms with Gasteiger partial charge >= 0.3 is 0 Å². The van der Waals surface area contributed by atoms with Crippen molar-refractivity contribution in [3.05, 3.63) is 71.3 Å². The molecule has 0 saturated heterocycles. The predicted octanol–water partition coefficient (Wildman–Crippen LogP) is 3.63. The minimum atomic E-state index is -0.278. The molecule has 0 radical (unpaired) electrons. The van der Waals surface area contributed by atoms with Crippen molar-refractivity contribution in [2.24, 2.45) is 10.2 Å². The van der Waals surface area contributed by atoms with Crippen molar-refractivity contribution in [3.8, 4) is 5.75 Å². The van der Waals surface area contributed by atoms with Gasteiger partial charge in [-0.15, -0.1) is 5.10 Å². The van der Waals surface area contributed by atoms with Crippen LogP contribution in [0.1, 0.15) is 16.7 Å². The summed E-state index contributed by atoms with van der Waals surface area (Å²) in [6.45, 7) is 1.96. The van der Waals surface area contributed by atoms with E-state index in [-0.39, 0.29) is 17.4 Å². The second kappa shape index (κ2) is 5.87. The third-order valence-corrected chi connectivity index (χ3v) is 4.19. The molecule has 25 heavy (non-hydrogen) atoms. The molecule has 1 aliphatic rings. The molecule has 0 unspecified atom stereocenters. The molecule has 0 aromatic heterocycles. The number of carbonyl (C=O) groups is 1. The van der Waals surface area contributed by atoms with Crippen LogP contribution < -0.4 is 5.32 Å². The number of hydrogen-bond acceptors (Lipinski definition) is 4. The van der Waals surface area contributed by atoms with Crippen molar-refractivity contribution < 1.29 is 9.90 Å². The lowest BCUT2D eigenvalue weighted by Crippen LogP contribution is -2.13. The van der Waals surface area contributed by atoms with Gasteiger partial charge in [0.05, 0.1) is 11.9 Å². The van der Waals surface area contributed by atoms with Gasteiger partial charge < -0.3 is 10.4 Å². The standard InChI is InChI=1S/C20H15N3O2/c1-12-6-8-17-15(10-12)19(20(25)22-17)23-21-11-16-14-5-3-2-4-13(14)7-9-18(16)24/h2-11,24H,1H3,(H,22,23,25)/b21-11+. The number of amides is 1. The van der Waals surface area contributed by atoms with Gasteiger partial charge in [0.25, 0.3) is 5.91 Å². The molecule has 3 aromatic rings.